The van der Waals surface area contributed by atoms with E-state index < -0.39 is 7.37 Å². The molecule has 0 spiro atoms. The quantitative estimate of drug-likeness (QED) is 0.619. The minimum Gasteiger partial charge on any atom is -0.441 e. The SMILES string of the molecule is O=P(CCl)(CBr)Oc1ccccc1. The van der Waals surface area contributed by atoms with Crippen LogP contribution in [0.25, 0.3) is 0 Å². The first kappa shape index (κ1) is 11.1. The number of halogens is 2. The molecule has 0 aliphatic rings. The molecule has 1 unspecified atom stereocenters. The molecule has 0 heterocycles. The van der Waals surface area contributed by atoms with Crippen LogP contribution in [0.3, 0.4) is 0 Å². The van der Waals surface area contributed by atoms with Crippen LogP contribution in [0.1, 0.15) is 0 Å². The van der Waals surface area contributed by atoms with E-state index in [9.17, 15) is 4.57 Å². The summed E-state index contributed by atoms with van der Waals surface area (Å²) in [6.45, 7) is 0. The van der Waals surface area contributed by atoms with Crippen LogP contribution in [0.15, 0.2) is 30.3 Å². The van der Waals surface area contributed by atoms with Crippen molar-refractivity contribution in [2.45, 2.75) is 0 Å². The van der Waals surface area contributed by atoms with Gasteiger partial charge in [0.1, 0.15) is 11.4 Å². The number of rotatable bonds is 4. The van der Waals surface area contributed by atoms with Crippen molar-refractivity contribution in [1.82, 2.24) is 0 Å². The minimum absolute atomic E-state index is 0.0210. The zero-order valence-electron chi connectivity index (χ0n) is 6.82. The van der Waals surface area contributed by atoms with Gasteiger partial charge in [0.15, 0.2) is 0 Å². The Balaban J connectivity index is 2.74. The van der Waals surface area contributed by atoms with Gasteiger partial charge in [0.2, 0.25) is 0 Å². The van der Waals surface area contributed by atoms with E-state index >= 15 is 0 Å². The van der Waals surface area contributed by atoms with Gasteiger partial charge in [-0.05, 0) is 12.1 Å². The van der Waals surface area contributed by atoms with E-state index in [0.29, 0.717) is 5.75 Å². The summed E-state index contributed by atoms with van der Waals surface area (Å²) >= 11 is 8.66. The van der Waals surface area contributed by atoms with Crippen LogP contribution in [0.4, 0.5) is 0 Å². The molecule has 0 fully saturated rings. The van der Waals surface area contributed by atoms with Gasteiger partial charge in [0.25, 0.3) is 7.37 Å². The second kappa shape index (κ2) is 5.04. The fourth-order valence-electron chi connectivity index (χ4n) is 0.754. The molecule has 0 aromatic heterocycles. The molecule has 2 nitrogen and oxygen atoms in total. The fourth-order valence-corrected chi connectivity index (χ4v) is 3.27. The van der Waals surface area contributed by atoms with Crippen molar-refractivity contribution in [3.05, 3.63) is 30.3 Å². The van der Waals surface area contributed by atoms with E-state index in [-0.39, 0.29) is 10.7 Å². The smallest absolute Gasteiger partial charge is 0.272 e. The number of benzene rings is 1. The van der Waals surface area contributed by atoms with Gasteiger partial charge < -0.3 is 4.52 Å². The molecule has 13 heavy (non-hydrogen) atoms. The summed E-state index contributed by atoms with van der Waals surface area (Å²) in [5, 5.41) is 0.276. The van der Waals surface area contributed by atoms with Gasteiger partial charge in [-0.15, -0.1) is 11.6 Å². The molecule has 0 N–H and O–H groups in total. The van der Waals surface area contributed by atoms with Gasteiger partial charge in [-0.3, -0.25) is 4.57 Å². The summed E-state index contributed by atoms with van der Waals surface area (Å²) in [5.74, 6) is 0.589. The van der Waals surface area contributed by atoms with Crippen LogP contribution in [-0.4, -0.2) is 10.7 Å². The van der Waals surface area contributed by atoms with E-state index in [0.717, 1.165) is 0 Å². The van der Waals surface area contributed by atoms with E-state index in [1.807, 2.05) is 18.2 Å². The molecule has 72 valence electrons. The largest absolute Gasteiger partial charge is 0.441 e. The maximum atomic E-state index is 11.7. The summed E-state index contributed by atoms with van der Waals surface area (Å²) in [7, 11) is -2.72. The highest BCUT2D eigenvalue weighted by molar-refractivity contribution is 9.10. The first-order valence-electron chi connectivity index (χ1n) is 3.65. The normalized spacial score (nSPS) is 14.9. The van der Waals surface area contributed by atoms with Crippen LogP contribution in [0.2, 0.25) is 0 Å². The molecule has 0 amide bonds. The molecule has 0 saturated heterocycles. The Kier molecular flexibility index (Phi) is 4.30. The lowest BCUT2D eigenvalue weighted by Gasteiger charge is -2.13. The molecule has 0 bridgehead atoms. The third kappa shape index (κ3) is 3.34. The Morgan fingerprint density at radius 1 is 1.38 bits per heavy atom. The lowest BCUT2D eigenvalue weighted by Crippen LogP contribution is -1.94. The molecule has 0 radical (unpaired) electrons. The van der Waals surface area contributed by atoms with Crippen LogP contribution in [0, 0.1) is 0 Å². The second-order valence-corrected chi connectivity index (χ2v) is 6.97. The maximum Gasteiger partial charge on any atom is 0.272 e. The molecule has 1 aromatic rings. The van der Waals surface area contributed by atoms with Crippen molar-refractivity contribution in [2.24, 2.45) is 0 Å². The van der Waals surface area contributed by atoms with Gasteiger partial charge in [0.05, 0.1) is 5.07 Å². The van der Waals surface area contributed by atoms with Gasteiger partial charge in [0, 0.05) is 0 Å². The predicted octanol–water partition coefficient (Wildman–Crippen LogP) is 3.89. The Hall–Kier alpha value is 0.0200. The maximum absolute atomic E-state index is 11.7. The Bertz CT molecular complexity index is 296. The summed E-state index contributed by atoms with van der Waals surface area (Å²) in [6.07, 6.45) is 0. The topological polar surface area (TPSA) is 26.3 Å². The number of para-hydroxylation sites is 1. The molecule has 0 saturated carbocycles. The summed E-state index contributed by atoms with van der Waals surface area (Å²) < 4.78 is 17.0. The van der Waals surface area contributed by atoms with Crippen molar-refractivity contribution in [3.63, 3.8) is 0 Å². The van der Waals surface area contributed by atoms with Crippen molar-refractivity contribution >= 4 is 34.9 Å². The molecule has 0 aliphatic carbocycles. The van der Waals surface area contributed by atoms with E-state index in [4.69, 9.17) is 16.1 Å². The van der Waals surface area contributed by atoms with Crippen molar-refractivity contribution in [2.75, 3.05) is 10.7 Å². The third-order valence-corrected chi connectivity index (χ3v) is 6.04. The van der Waals surface area contributed by atoms with Crippen LogP contribution in [0.5, 0.6) is 5.75 Å². The van der Waals surface area contributed by atoms with Crippen LogP contribution >= 0.6 is 34.9 Å². The third-order valence-electron chi connectivity index (χ3n) is 1.38. The lowest BCUT2D eigenvalue weighted by atomic mass is 10.3. The number of alkyl halides is 2. The second-order valence-electron chi connectivity index (χ2n) is 2.46. The Morgan fingerprint density at radius 3 is 2.46 bits per heavy atom. The Morgan fingerprint density at radius 2 is 2.00 bits per heavy atom. The zero-order chi connectivity index (χ0) is 9.73. The molecular formula is C8H9BrClO2P. The summed E-state index contributed by atoms with van der Waals surface area (Å²) in [5.41, 5.74) is 0.0210. The predicted molar refractivity (Wildman–Crippen MR) is 59.2 cm³/mol. The van der Waals surface area contributed by atoms with E-state index in [1.165, 1.54) is 0 Å². The molecule has 1 aromatic carbocycles. The highest BCUT2D eigenvalue weighted by atomic mass is 79.9. The number of hydrogen-bond acceptors (Lipinski definition) is 2. The average molecular weight is 283 g/mol. The van der Waals surface area contributed by atoms with Crippen LogP contribution < -0.4 is 4.52 Å². The first-order valence-corrected chi connectivity index (χ1v) is 7.30. The Labute approximate surface area is 90.8 Å². The highest BCUT2D eigenvalue weighted by Crippen LogP contribution is 2.49. The van der Waals surface area contributed by atoms with Gasteiger partial charge in [-0.1, -0.05) is 34.1 Å². The summed E-state index contributed by atoms with van der Waals surface area (Å²) in [4.78, 5) is 0. The first-order chi connectivity index (χ1) is 6.20. The fraction of sp³-hybridized carbons (Fsp3) is 0.250. The van der Waals surface area contributed by atoms with Crippen molar-refractivity contribution in [3.8, 4) is 5.75 Å². The van der Waals surface area contributed by atoms with E-state index in [2.05, 4.69) is 15.9 Å². The molecule has 0 aliphatic heterocycles. The molecular weight excluding hydrogens is 274 g/mol. The summed E-state index contributed by atoms with van der Waals surface area (Å²) in [6, 6.07) is 9.01. The highest BCUT2D eigenvalue weighted by Gasteiger charge is 2.21. The molecule has 1 atom stereocenters. The minimum atomic E-state index is -2.72. The van der Waals surface area contributed by atoms with Gasteiger partial charge in [-0.25, -0.2) is 0 Å². The lowest BCUT2D eigenvalue weighted by molar-refractivity contribution is 0.491. The molecule has 5 heteroatoms. The van der Waals surface area contributed by atoms with E-state index in [1.54, 1.807) is 12.1 Å². The molecule has 1 rings (SSSR count). The number of hydrogen-bond donors (Lipinski definition) is 0. The van der Waals surface area contributed by atoms with Crippen molar-refractivity contribution < 1.29 is 9.09 Å². The standard InChI is InChI=1S/C8H9BrClO2P/c9-6-13(11,7-10)12-8-4-2-1-3-5-8/h1-5H,6-7H2. The van der Waals surface area contributed by atoms with Crippen LogP contribution in [-0.2, 0) is 4.57 Å². The van der Waals surface area contributed by atoms with Gasteiger partial charge >= 0.3 is 0 Å². The monoisotopic (exact) mass is 282 g/mol. The average Bonchev–Trinajstić information content (AvgIpc) is 2.19. The van der Waals surface area contributed by atoms with Gasteiger partial charge in [-0.2, -0.15) is 0 Å². The van der Waals surface area contributed by atoms with Crippen molar-refractivity contribution in [1.29, 1.82) is 0 Å². The zero-order valence-corrected chi connectivity index (χ0v) is 10.1.